The summed E-state index contributed by atoms with van der Waals surface area (Å²) >= 11 is 0. The molecule has 1 aromatic carbocycles. The van der Waals surface area contributed by atoms with Crippen LogP contribution in [0.3, 0.4) is 0 Å². The number of anilines is 1. The third-order valence-electron chi connectivity index (χ3n) is 7.84. The second kappa shape index (κ2) is 16.8. The lowest BCUT2D eigenvalue weighted by Gasteiger charge is -2.35. The Labute approximate surface area is 222 Å². The molecule has 3 atom stereocenters. The summed E-state index contributed by atoms with van der Waals surface area (Å²) in [5.41, 5.74) is 3.34. The predicted octanol–water partition coefficient (Wildman–Crippen LogP) is 7.17. The SMILES string of the molecule is C=CC(C)CN(CCN(C/C=C/C)CCCN1CCCCC1C)c1cc(C=O)ccc1C(C)CCC. The molecule has 36 heavy (non-hydrogen) atoms. The summed E-state index contributed by atoms with van der Waals surface area (Å²) in [6.45, 7) is 22.8. The first-order valence-corrected chi connectivity index (χ1v) is 14.5. The van der Waals surface area contributed by atoms with E-state index in [-0.39, 0.29) is 0 Å². The van der Waals surface area contributed by atoms with Gasteiger partial charge >= 0.3 is 0 Å². The van der Waals surface area contributed by atoms with Crippen LogP contribution in [0.25, 0.3) is 0 Å². The van der Waals surface area contributed by atoms with E-state index in [1.807, 2.05) is 12.1 Å². The number of hydrogen-bond donors (Lipinski definition) is 0. The van der Waals surface area contributed by atoms with Crippen LogP contribution in [-0.4, -0.2) is 67.9 Å². The number of piperidine rings is 1. The summed E-state index contributed by atoms with van der Waals surface area (Å²) < 4.78 is 0. The summed E-state index contributed by atoms with van der Waals surface area (Å²) in [7, 11) is 0. The molecular formula is C32H53N3O. The summed E-state index contributed by atoms with van der Waals surface area (Å²) in [6.07, 6.45) is 15.1. The fraction of sp³-hybridized carbons (Fsp3) is 0.656. The van der Waals surface area contributed by atoms with Gasteiger partial charge in [-0.05, 0) is 82.6 Å². The average molecular weight is 496 g/mol. The number of allylic oxidation sites excluding steroid dienone is 1. The molecule has 1 heterocycles. The minimum absolute atomic E-state index is 0.379. The smallest absolute Gasteiger partial charge is 0.150 e. The molecular weight excluding hydrogens is 442 g/mol. The van der Waals surface area contributed by atoms with Crippen molar-refractivity contribution in [3.05, 3.63) is 54.1 Å². The van der Waals surface area contributed by atoms with Crippen LogP contribution in [0.2, 0.25) is 0 Å². The van der Waals surface area contributed by atoms with Gasteiger partial charge in [0.1, 0.15) is 6.29 Å². The molecule has 1 aliphatic rings. The number of benzene rings is 1. The number of carbonyl (C=O) groups excluding carboxylic acids is 1. The maximum absolute atomic E-state index is 11.7. The Morgan fingerprint density at radius 2 is 2.00 bits per heavy atom. The molecule has 4 heteroatoms. The molecule has 1 fully saturated rings. The van der Waals surface area contributed by atoms with Crippen molar-refractivity contribution in [1.29, 1.82) is 0 Å². The maximum Gasteiger partial charge on any atom is 0.150 e. The molecule has 0 bridgehead atoms. The summed E-state index contributed by atoms with van der Waals surface area (Å²) in [6, 6.07) is 7.00. The zero-order valence-corrected chi connectivity index (χ0v) is 23.9. The van der Waals surface area contributed by atoms with Gasteiger partial charge in [-0.3, -0.25) is 9.69 Å². The van der Waals surface area contributed by atoms with Gasteiger partial charge < -0.3 is 9.80 Å². The monoisotopic (exact) mass is 495 g/mol. The molecule has 0 aromatic heterocycles. The van der Waals surface area contributed by atoms with Crippen molar-refractivity contribution < 1.29 is 4.79 Å². The van der Waals surface area contributed by atoms with E-state index in [0.29, 0.717) is 11.8 Å². The number of nitrogens with zero attached hydrogens (tertiary/aromatic N) is 3. The first-order chi connectivity index (χ1) is 17.4. The van der Waals surface area contributed by atoms with Gasteiger partial charge in [0.25, 0.3) is 0 Å². The Balaban J connectivity index is 2.17. The second-order valence-corrected chi connectivity index (χ2v) is 10.9. The van der Waals surface area contributed by atoms with Gasteiger partial charge in [0.05, 0.1) is 0 Å². The lowest BCUT2D eigenvalue weighted by atomic mass is 9.93. The number of aldehydes is 1. The van der Waals surface area contributed by atoms with Crippen LogP contribution in [0.15, 0.2) is 43.0 Å². The molecule has 202 valence electrons. The molecule has 0 radical (unpaired) electrons. The van der Waals surface area contributed by atoms with E-state index in [0.717, 1.165) is 63.5 Å². The van der Waals surface area contributed by atoms with Crippen LogP contribution in [0.4, 0.5) is 5.69 Å². The molecule has 0 aliphatic carbocycles. The summed E-state index contributed by atoms with van der Waals surface area (Å²) in [5, 5.41) is 0. The Kier molecular flexibility index (Phi) is 14.1. The summed E-state index contributed by atoms with van der Waals surface area (Å²) in [4.78, 5) is 19.5. The van der Waals surface area contributed by atoms with E-state index in [9.17, 15) is 4.79 Å². The average Bonchev–Trinajstić information content (AvgIpc) is 2.89. The van der Waals surface area contributed by atoms with E-state index in [1.165, 1.54) is 50.0 Å². The van der Waals surface area contributed by atoms with Crippen molar-refractivity contribution >= 4 is 12.0 Å². The van der Waals surface area contributed by atoms with E-state index in [4.69, 9.17) is 0 Å². The van der Waals surface area contributed by atoms with Gasteiger partial charge in [0.2, 0.25) is 0 Å². The highest BCUT2D eigenvalue weighted by molar-refractivity contribution is 5.78. The number of likely N-dealkylation sites (tertiary alicyclic amines) is 1. The molecule has 1 saturated heterocycles. The van der Waals surface area contributed by atoms with Crippen LogP contribution in [0.5, 0.6) is 0 Å². The van der Waals surface area contributed by atoms with Crippen LogP contribution < -0.4 is 4.90 Å². The van der Waals surface area contributed by atoms with Crippen molar-refractivity contribution in [3.8, 4) is 0 Å². The van der Waals surface area contributed by atoms with E-state index in [2.05, 4.69) is 80.2 Å². The third-order valence-corrected chi connectivity index (χ3v) is 7.84. The van der Waals surface area contributed by atoms with Crippen molar-refractivity contribution in [2.45, 2.75) is 85.1 Å². The minimum atomic E-state index is 0.379. The van der Waals surface area contributed by atoms with Crippen molar-refractivity contribution in [2.75, 3.05) is 50.7 Å². The van der Waals surface area contributed by atoms with Crippen LogP contribution in [-0.2, 0) is 0 Å². The predicted molar refractivity (Wildman–Crippen MR) is 157 cm³/mol. The first-order valence-electron chi connectivity index (χ1n) is 14.5. The Morgan fingerprint density at radius 3 is 2.67 bits per heavy atom. The number of rotatable bonds is 17. The quantitative estimate of drug-likeness (QED) is 0.169. The topological polar surface area (TPSA) is 26.8 Å². The van der Waals surface area contributed by atoms with Gasteiger partial charge in [0.15, 0.2) is 0 Å². The zero-order valence-electron chi connectivity index (χ0n) is 23.9. The maximum atomic E-state index is 11.7. The normalized spacial score (nSPS) is 18.4. The molecule has 1 aromatic rings. The largest absolute Gasteiger partial charge is 0.369 e. The second-order valence-electron chi connectivity index (χ2n) is 10.9. The fourth-order valence-corrected chi connectivity index (χ4v) is 5.44. The number of hydrogen-bond acceptors (Lipinski definition) is 4. The van der Waals surface area contributed by atoms with Gasteiger partial charge in [-0.15, -0.1) is 6.58 Å². The highest BCUT2D eigenvalue weighted by atomic mass is 16.1. The minimum Gasteiger partial charge on any atom is -0.369 e. The highest BCUT2D eigenvalue weighted by Gasteiger charge is 2.20. The van der Waals surface area contributed by atoms with Crippen molar-refractivity contribution in [1.82, 2.24) is 9.80 Å². The van der Waals surface area contributed by atoms with E-state index >= 15 is 0 Å². The lowest BCUT2D eigenvalue weighted by Crippen LogP contribution is -2.41. The standard InChI is InChI=1S/C32H53N3O/c1-7-10-18-33(19-13-21-34-20-12-11-15-29(34)6)22-23-35(25-27(4)9-3)32-24-30(26-36)16-17-31(32)28(5)14-8-2/h7,9-10,16-17,24,26-29H,3,8,11-15,18-23,25H2,1-2,4-6H3/b10-7+. The highest BCUT2D eigenvalue weighted by Crippen LogP contribution is 2.32. The summed E-state index contributed by atoms with van der Waals surface area (Å²) in [5.74, 6) is 0.849. The Bertz CT molecular complexity index is 805. The first kappa shape index (κ1) is 30.3. The zero-order chi connectivity index (χ0) is 26.3. The van der Waals surface area contributed by atoms with Crippen molar-refractivity contribution in [3.63, 3.8) is 0 Å². The van der Waals surface area contributed by atoms with E-state index < -0.39 is 0 Å². The molecule has 2 rings (SSSR count). The van der Waals surface area contributed by atoms with E-state index in [1.54, 1.807) is 0 Å². The Morgan fingerprint density at radius 1 is 1.19 bits per heavy atom. The molecule has 1 aliphatic heterocycles. The molecule has 0 saturated carbocycles. The van der Waals surface area contributed by atoms with Crippen LogP contribution in [0.1, 0.15) is 95.0 Å². The Hall–Kier alpha value is -1.91. The molecule has 0 amide bonds. The van der Waals surface area contributed by atoms with Gasteiger partial charge in [-0.2, -0.15) is 0 Å². The number of carbonyl (C=O) groups is 1. The van der Waals surface area contributed by atoms with Gasteiger partial charge in [-0.1, -0.05) is 64.0 Å². The van der Waals surface area contributed by atoms with Crippen LogP contribution in [0, 0.1) is 5.92 Å². The van der Waals surface area contributed by atoms with Gasteiger partial charge in [-0.25, -0.2) is 0 Å². The molecule has 0 spiro atoms. The fourth-order valence-electron chi connectivity index (χ4n) is 5.44. The third kappa shape index (κ3) is 9.86. The van der Waals surface area contributed by atoms with Crippen molar-refractivity contribution in [2.24, 2.45) is 5.92 Å². The lowest BCUT2D eigenvalue weighted by molar-refractivity contribution is 0.112. The van der Waals surface area contributed by atoms with Gasteiger partial charge in [0, 0.05) is 43.5 Å². The molecule has 0 N–H and O–H groups in total. The molecule has 3 unspecified atom stereocenters. The van der Waals surface area contributed by atoms with Crippen LogP contribution >= 0.6 is 0 Å². The molecule has 4 nitrogen and oxygen atoms in total.